The number of amidine groups is 1. The third kappa shape index (κ3) is 2.99. The first-order chi connectivity index (χ1) is 10.6. The summed E-state index contributed by atoms with van der Waals surface area (Å²) in [7, 11) is 0. The number of benzene rings is 2. The van der Waals surface area contributed by atoms with E-state index in [1.54, 1.807) is 12.1 Å². The lowest BCUT2D eigenvalue weighted by Crippen LogP contribution is -2.37. The van der Waals surface area contributed by atoms with E-state index in [0.29, 0.717) is 11.3 Å². The Hall–Kier alpha value is -2.27. The van der Waals surface area contributed by atoms with Crippen molar-refractivity contribution < 1.29 is 4.39 Å². The van der Waals surface area contributed by atoms with Crippen molar-refractivity contribution in [2.45, 2.75) is 13.8 Å². The summed E-state index contributed by atoms with van der Waals surface area (Å²) in [6.07, 6.45) is 0. The Labute approximate surface area is 133 Å². The first kappa shape index (κ1) is 14.7. The summed E-state index contributed by atoms with van der Waals surface area (Å²) in [5.74, 6) is -0.251. The molecule has 2 N–H and O–H groups in total. The molecule has 0 fully saturated rings. The van der Waals surface area contributed by atoms with E-state index in [0.717, 1.165) is 22.0 Å². The summed E-state index contributed by atoms with van der Waals surface area (Å²) in [5, 5.41) is 2.60. The second-order valence-corrected chi connectivity index (χ2v) is 5.89. The van der Waals surface area contributed by atoms with E-state index >= 15 is 0 Å². The molecule has 0 aromatic heterocycles. The summed E-state index contributed by atoms with van der Waals surface area (Å²) in [4.78, 5) is 4.64. The number of thioether (sulfide) groups is 1. The number of rotatable bonds is 2. The second kappa shape index (κ2) is 6.23. The maximum atomic E-state index is 13.8. The minimum Gasteiger partial charge on any atom is -0.298 e. The van der Waals surface area contributed by atoms with Crippen LogP contribution in [0.15, 0.2) is 52.9 Å². The fourth-order valence-electron chi connectivity index (χ4n) is 2.24. The van der Waals surface area contributed by atoms with Crippen LogP contribution in [0.3, 0.4) is 0 Å². The van der Waals surface area contributed by atoms with E-state index in [2.05, 4.69) is 15.8 Å². The largest absolute Gasteiger partial charge is 0.298 e. The van der Waals surface area contributed by atoms with Crippen molar-refractivity contribution in [3.8, 4) is 0 Å². The van der Waals surface area contributed by atoms with Gasteiger partial charge in [-0.25, -0.2) is 9.38 Å². The van der Waals surface area contributed by atoms with Gasteiger partial charge in [0.1, 0.15) is 5.82 Å². The van der Waals surface area contributed by atoms with Gasteiger partial charge in [0, 0.05) is 11.0 Å². The Bertz CT molecular complexity index is 748. The number of para-hydroxylation sites is 1. The van der Waals surface area contributed by atoms with Crippen LogP contribution in [0.2, 0.25) is 0 Å². The maximum absolute atomic E-state index is 13.8. The molecule has 0 radical (unpaired) electrons. The normalized spacial score (nSPS) is 16.0. The predicted molar refractivity (Wildman–Crippen MR) is 91.3 cm³/mol. The molecule has 0 atom stereocenters. The van der Waals surface area contributed by atoms with Crippen LogP contribution in [-0.2, 0) is 0 Å². The fourth-order valence-corrected chi connectivity index (χ4v) is 2.91. The van der Waals surface area contributed by atoms with Gasteiger partial charge in [-0.3, -0.25) is 10.9 Å². The predicted octanol–water partition coefficient (Wildman–Crippen LogP) is 4.27. The summed E-state index contributed by atoms with van der Waals surface area (Å²) >= 11 is 1.43. The molecule has 1 aliphatic rings. The van der Waals surface area contributed by atoms with Crippen LogP contribution in [0.25, 0.3) is 5.70 Å². The average Bonchev–Trinajstić information content (AvgIpc) is 2.52. The minimum atomic E-state index is -0.251. The first-order valence-corrected chi connectivity index (χ1v) is 7.82. The van der Waals surface area contributed by atoms with Crippen LogP contribution in [0.4, 0.5) is 10.1 Å². The third-order valence-electron chi connectivity index (χ3n) is 3.41. The Kier molecular flexibility index (Phi) is 4.15. The van der Waals surface area contributed by atoms with E-state index < -0.39 is 0 Å². The molecule has 112 valence electrons. The van der Waals surface area contributed by atoms with Crippen molar-refractivity contribution >= 4 is 28.3 Å². The van der Waals surface area contributed by atoms with Gasteiger partial charge in [0.2, 0.25) is 0 Å². The molecular weight excluding hydrogens is 297 g/mol. The van der Waals surface area contributed by atoms with Crippen LogP contribution in [0.5, 0.6) is 0 Å². The number of nitrogens with zero attached hydrogens (tertiary/aromatic N) is 1. The molecule has 5 heteroatoms. The molecule has 22 heavy (non-hydrogen) atoms. The van der Waals surface area contributed by atoms with Crippen molar-refractivity contribution in [1.82, 2.24) is 10.9 Å². The number of hydrazine groups is 1. The lowest BCUT2D eigenvalue weighted by Gasteiger charge is -2.19. The Morgan fingerprint density at radius 3 is 2.32 bits per heavy atom. The van der Waals surface area contributed by atoms with Crippen LogP contribution in [0.1, 0.15) is 16.7 Å². The zero-order chi connectivity index (χ0) is 15.5. The summed E-state index contributed by atoms with van der Waals surface area (Å²) < 4.78 is 13.8. The van der Waals surface area contributed by atoms with Gasteiger partial charge in [0.05, 0.1) is 11.4 Å². The molecule has 1 heterocycles. The molecule has 0 unspecified atom stereocenters. The van der Waals surface area contributed by atoms with Gasteiger partial charge in [0.15, 0.2) is 5.17 Å². The molecule has 3 rings (SSSR count). The average molecular weight is 313 g/mol. The molecular formula is C17H16FN3S. The van der Waals surface area contributed by atoms with E-state index in [9.17, 15) is 4.39 Å². The van der Waals surface area contributed by atoms with Gasteiger partial charge < -0.3 is 0 Å². The molecule has 0 aliphatic carbocycles. The number of aliphatic imine (C=N–C) groups is 1. The lowest BCUT2D eigenvalue weighted by atomic mass is 10.1. The lowest BCUT2D eigenvalue weighted by molar-refractivity contribution is 0.621. The Morgan fingerprint density at radius 1 is 0.955 bits per heavy atom. The highest BCUT2D eigenvalue weighted by molar-refractivity contribution is 8.16. The Morgan fingerprint density at radius 2 is 1.68 bits per heavy atom. The smallest absolute Gasteiger partial charge is 0.184 e. The number of halogens is 1. The van der Waals surface area contributed by atoms with Gasteiger partial charge in [0.25, 0.3) is 0 Å². The van der Waals surface area contributed by atoms with Crippen LogP contribution in [0, 0.1) is 19.7 Å². The quantitative estimate of drug-likeness (QED) is 0.869. The monoisotopic (exact) mass is 313 g/mol. The second-order valence-electron chi connectivity index (χ2n) is 5.04. The topological polar surface area (TPSA) is 36.4 Å². The maximum Gasteiger partial charge on any atom is 0.184 e. The Balaban J connectivity index is 1.85. The molecule has 1 aliphatic heterocycles. The van der Waals surface area contributed by atoms with Crippen molar-refractivity contribution in [2.24, 2.45) is 4.99 Å². The van der Waals surface area contributed by atoms with Gasteiger partial charge in [-0.15, -0.1) is 0 Å². The molecule has 0 bridgehead atoms. The fraction of sp³-hybridized carbons (Fsp3) is 0.118. The highest BCUT2D eigenvalue weighted by Crippen LogP contribution is 2.27. The zero-order valence-corrected chi connectivity index (χ0v) is 13.2. The van der Waals surface area contributed by atoms with Crippen molar-refractivity contribution in [3.05, 3.63) is 70.4 Å². The van der Waals surface area contributed by atoms with E-state index in [1.807, 2.05) is 43.5 Å². The first-order valence-electron chi connectivity index (χ1n) is 6.94. The minimum absolute atomic E-state index is 0.251. The number of hydrogen-bond acceptors (Lipinski definition) is 3. The van der Waals surface area contributed by atoms with Crippen LogP contribution >= 0.6 is 11.8 Å². The van der Waals surface area contributed by atoms with E-state index in [4.69, 9.17) is 0 Å². The van der Waals surface area contributed by atoms with Gasteiger partial charge >= 0.3 is 0 Å². The van der Waals surface area contributed by atoms with Gasteiger partial charge in [-0.05, 0) is 37.1 Å². The van der Waals surface area contributed by atoms with Gasteiger partial charge in [-0.2, -0.15) is 0 Å². The summed E-state index contributed by atoms with van der Waals surface area (Å²) in [5.41, 5.74) is 10.5. The molecule has 0 amide bonds. The molecule has 2 aromatic carbocycles. The van der Waals surface area contributed by atoms with Crippen molar-refractivity contribution in [2.75, 3.05) is 0 Å². The van der Waals surface area contributed by atoms with E-state index in [1.165, 1.54) is 17.8 Å². The number of aryl methyl sites for hydroxylation is 2. The van der Waals surface area contributed by atoms with Crippen molar-refractivity contribution in [3.63, 3.8) is 0 Å². The molecule has 2 aromatic rings. The highest BCUT2D eigenvalue weighted by Gasteiger charge is 2.13. The number of nitrogens with one attached hydrogen (secondary N) is 2. The van der Waals surface area contributed by atoms with Crippen LogP contribution in [-0.4, -0.2) is 5.17 Å². The standard InChI is InChI=1S/C17H16FN3S/c1-11-6-5-7-12(2)16(11)19-17-21-20-15(10-22-17)13-8-3-4-9-14(13)18/h3-10,20H,1-2H3,(H,19,21). The van der Waals surface area contributed by atoms with Crippen molar-refractivity contribution in [1.29, 1.82) is 0 Å². The van der Waals surface area contributed by atoms with Gasteiger partial charge in [-0.1, -0.05) is 42.1 Å². The summed E-state index contributed by atoms with van der Waals surface area (Å²) in [6, 6.07) is 12.8. The number of hydrogen-bond donors (Lipinski definition) is 2. The SMILES string of the molecule is Cc1cccc(C)c1N=C1NNC(c2ccccc2F)=CS1. The zero-order valence-electron chi connectivity index (χ0n) is 12.4. The molecule has 3 nitrogen and oxygen atoms in total. The summed E-state index contributed by atoms with van der Waals surface area (Å²) in [6.45, 7) is 4.07. The molecule has 0 saturated carbocycles. The third-order valence-corrected chi connectivity index (χ3v) is 4.18. The van der Waals surface area contributed by atoms with Crippen LogP contribution < -0.4 is 10.9 Å². The molecule has 0 spiro atoms. The molecule has 0 saturated heterocycles. The highest BCUT2D eigenvalue weighted by atomic mass is 32.2. The van der Waals surface area contributed by atoms with E-state index in [-0.39, 0.29) is 5.82 Å².